The van der Waals surface area contributed by atoms with Gasteiger partial charge < -0.3 is 4.42 Å². The highest BCUT2D eigenvalue weighted by atomic mass is 16.3. The van der Waals surface area contributed by atoms with E-state index in [1.165, 1.54) is 41.5 Å². The SMILES string of the molecule is c1ccc(-c2nc(-c3cccc(-c4nc(-c5ccccc5)nc(-c5cccc6c5oc5ccccc56)n4)c3)nc(-c3cccc4c3-c3ccccc3C43CCCCC3)n2)cc1. The normalized spacial score (nSPS) is 14.0. The third kappa shape index (κ3) is 5.87. The molecule has 0 saturated heterocycles. The molecule has 3 heterocycles. The summed E-state index contributed by atoms with van der Waals surface area (Å²) in [4.78, 5) is 31.0. The van der Waals surface area contributed by atoms with Crippen LogP contribution in [-0.2, 0) is 5.41 Å². The van der Waals surface area contributed by atoms with Crippen LogP contribution < -0.4 is 0 Å². The van der Waals surface area contributed by atoms with Crippen molar-refractivity contribution in [3.8, 4) is 79.5 Å². The molecule has 12 rings (SSSR count). The molecule has 7 aromatic carbocycles. The maximum Gasteiger partial charge on any atom is 0.167 e. The van der Waals surface area contributed by atoms with E-state index in [0.29, 0.717) is 34.9 Å². The Morgan fingerprint density at radius 1 is 0.361 bits per heavy atom. The lowest BCUT2D eigenvalue weighted by atomic mass is 9.68. The molecule has 1 spiro atoms. The van der Waals surface area contributed by atoms with Crippen molar-refractivity contribution in [3.63, 3.8) is 0 Å². The number of aromatic nitrogens is 6. The Labute approximate surface area is 352 Å². The highest BCUT2D eigenvalue weighted by Crippen LogP contribution is 2.57. The average molecular weight is 787 g/mol. The van der Waals surface area contributed by atoms with E-state index >= 15 is 0 Å². The summed E-state index contributed by atoms with van der Waals surface area (Å²) in [7, 11) is 0. The van der Waals surface area contributed by atoms with Gasteiger partial charge in [-0.3, -0.25) is 0 Å². The van der Waals surface area contributed by atoms with Gasteiger partial charge in [-0.2, -0.15) is 0 Å². The average Bonchev–Trinajstić information content (AvgIpc) is 3.85. The lowest BCUT2D eigenvalue weighted by molar-refractivity contribution is 0.353. The molecule has 7 nitrogen and oxygen atoms in total. The number of para-hydroxylation sites is 2. The van der Waals surface area contributed by atoms with Crippen LogP contribution in [0.25, 0.3) is 101 Å². The van der Waals surface area contributed by atoms with Crippen LogP contribution in [0.5, 0.6) is 0 Å². The minimum Gasteiger partial charge on any atom is -0.455 e. The first-order valence-electron chi connectivity index (χ1n) is 21.1. The molecule has 61 heavy (non-hydrogen) atoms. The van der Waals surface area contributed by atoms with Gasteiger partial charge in [0.2, 0.25) is 0 Å². The molecular weight excluding hydrogens is 749 g/mol. The Morgan fingerprint density at radius 2 is 0.836 bits per heavy atom. The molecule has 290 valence electrons. The van der Waals surface area contributed by atoms with Gasteiger partial charge in [0.05, 0.1) is 5.56 Å². The largest absolute Gasteiger partial charge is 0.455 e. The van der Waals surface area contributed by atoms with Gasteiger partial charge in [0.1, 0.15) is 11.2 Å². The zero-order chi connectivity index (χ0) is 40.3. The first-order valence-corrected chi connectivity index (χ1v) is 21.1. The summed E-state index contributed by atoms with van der Waals surface area (Å²) in [5.74, 6) is 3.48. The van der Waals surface area contributed by atoms with Gasteiger partial charge in [-0.15, -0.1) is 0 Å². The second-order valence-electron chi connectivity index (χ2n) is 16.1. The fourth-order valence-electron chi connectivity index (χ4n) is 9.79. The smallest absolute Gasteiger partial charge is 0.167 e. The van der Waals surface area contributed by atoms with E-state index in [4.69, 9.17) is 34.3 Å². The maximum atomic E-state index is 6.46. The van der Waals surface area contributed by atoms with E-state index in [-0.39, 0.29) is 5.41 Å². The molecule has 0 bridgehead atoms. The van der Waals surface area contributed by atoms with Crippen molar-refractivity contribution in [2.75, 3.05) is 0 Å². The van der Waals surface area contributed by atoms with Crippen LogP contribution >= 0.6 is 0 Å². The van der Waals surface area contributed by atoms with Crippen LogP contribution in [0.4, 0.5) is 0 Å². The van der Waals surface area contributed by atoms with Crippen molar-refractivity contribution in [1.82, 2.24) is 29.9 Å². The lowest BCUT2D eigenvalue weighted by Gasteiger charge is -2.36. The zero-order valence-corrected chi connectivity index (χ0v) is 33.3. The number of nitrogens with zero attached hydrogens (tertiary/aromatic N) is 6. The summed E-state index contributed by atoms with van der Waals surface area (Å²) in [6.07, 6.45) is 6.06. The minimum absolute atomic E-state index is 0.0184. The van der Waals surface area contributed by atoms with Gasteiger partial charge in [0, 0.05) is 44.0 Å². The van der Waals surface area contributed by atoms with E-state index in [2.05, 4.69) is 78.9 Å². The van der Waals surface area contributed by atoms with Gasteiger partial charge in [-0.25, -0.2) is 29.9 Å². The first-order chi connectivity index (χ1) is 30.2. The van der Waals surface area contributed by atoms with Crippen molar-refractivity contribution in [2.24, 2.45) is 0 Å². The Kier molecular flexibility index (Phi) is 8.27. The van der Waals surface area contributed by atoms with Crippen molar-refractivity contribution in [3.05, 3.63) is 181 Å². The molecule has 0 amide bonds. The molecule has 10 aromatic rings. The Bertz CT molecular complexity index is 3300. The van der Waals surface area contributed by atoms with Crippen molar-refractivity contribution >= 4 is 21.9 Å². The molecule has 2 aliphatic carbocycles. The van der Waals surface area contributed by atoms with Gasteiger partial charge in [-0.1, -0.05) is 171 Å². The number of hydrogen-bond donors (Lipinski definition) is 0. The summed E-state index contributed by atoms with van der Waals surface area (Å²) in [5, 5.41) is 2.06. The zero-order valence-electron chi connectivity index (χ0n) is 33.3. The molecule has 2 aliphatic rings. The number of benzene rings is 7. The maximum absolute atomic E-state index is 6.46. The molecule has 7 heteroatoms. The summed E-state index contributed by atoms with van der Waals surface area (Å²) in [5.41, 5.74) is 12.2. The lowest BCUT2D eigenvalue weighted by Crippen LogP contribution is -2.27. The molecular formula is C54H38N6O. The summed E-state index contributed by atoms with van der Waals surface area (Å²) in [6.45, 7) is 0. The van der Waals surface area contributed by atoms with E-state index in [9.17, 15) is 0 Å². The van der Waals surface area contributed by atoms with Gasteiger partial charge in [0.15, 0.2) is 34.9 Å². The second kappa shape index (κ2) is 14.3. The molecule has 0 N–H and O–H groups in total. The third-order valence-corrected chi connectivity index (χ3v) is 12.6. The molecule has 0 radical (unpaired) electrons. The van der Waals surface area contributed by atoms with Crippen LogP contribution in [0.15, 0.2) is 174 Å². The van der Waals surface area contributed by atoms with Crippen LogP contribution in [0.1, 0.15) is 43.2 Å². The van der Waals surface area contributed by atoms with E-state index in [1.807, 2.05) is 91.0 Å². The van der Waals surface area contributed by atoms with E-state index in [0.717, 1.165) is 68.2 Å². The quantitative estimate of drug-likeness (QED) is 0.166. The van der Waals surface area contributed by atoms with Crippen LogP contribution in [0, 0.1) is 0 Å². The van der Waals surface area contributed by atoms with Gasteiger partial charge in [0.25, 0.3) is 0 Å². The third-order valence-electron chi connectivity index (χ3n) is 12.6. The molecule has 0 atom stereocenters. The highest BCUT2D eigenvalue weighted by molar-refractivity contribution is 6.09. The first kappa shape index (κ1) is 35.3. The standard InChI is InChI=1S/C54H38N6O/c1-4-17-34(18-5-1)48-55-50(59-52(57-48)41-26-16-29-44-46(41)40-24-8-10-28-43(40)54(44)31-12-3-13-32-54)36-21-14-22-37(33-36)51-56-49(35-19-6-2-7-20-35)58-53(60-51)42-27-15-25-39-38-23-9-11-30-45(38)61-47(39)42/h1-2,4-11,14-30,33H,3,12-13,31-32H2. The Morgan fingerprint density at radius 3 is 1.54 bits per heavy atom. The van der Waals surface area contributed by atoms with Crippen LogP contribution in [0.2, 0.25) is 0 Å². The van der Waals surface area contributed by atoms with E-state index in [1.54, 1.807) is 0 Å². The number of hydrogen-bond acceptors (Lipinski definition) is 7. The van der Waals surface area contributed by atoms with Gasteiger partial charge >= 0.3 is 0 Å². The molecule has 1 saturated carbocycles. The molecule has 1 fully saturated rings. The summed E-state index contributed by atoms with van der Waals surface area (Å²) < 4.78 is 6.46. The van der Waals surface area contributed by atoms with Crippen molar-refractivity contribution in [1.29, 1.82) is 0 Å². The van der Waals surface area contributed by atoms with Crippen molar-refractivity contribution < 1.29 is 4.42 Å². The highest BCUT2D eigenvalue weighted by Gasteiger charge is 2.44. The molecule has 3 aromatic heterocycles. The number of furan rings is 1. The van der Waals surface area contributed by atoms with Gasteiger partial charge in [-0.05, 0) is 53.3 Å². The fourth-order valence-corrected chi connectivity index (χ4v) is 9.79. The predicted molar refractivity (Wildman–Crippen MR) is 242 cm³/mol. The molecule has 0 aliphatic heterocycles. The Balaban J connectivity index is 1.03. The topological polar surface area (TPSA) is 90.5 Å². The number of rotatable bonds is 6. The monoisotopic (exact) mass is 786 g/mol. The minimum atomic E-state index is 0.0184. The van der Waals surface area contributed by atoms with Crippen LogP contribution in [0.3, 0.4) is 0 Å². The number of fused-ring (bicyclic) bond motifs is 8. The molecule has 0 unspecified atom stereocenters. The second-order valence-corrected chi connectivity index (χ2v) is 16.1. The van der Waals surface area contributed by atoms with Crippen molar-refractivity contribution in [2.45, 2.75) is 37.5 Å². The van der Waals surface area contributed by atoms with Crippen LogP contribution in [-0.4, -0.2) is 29.9 Å². The summed E-state index contributed by atoms with van der Waals surface area (Å²) >= 11 is 0. The predicted octanol–water partition coefficient (Wildman–Crippen LogP) is 13.2. The summed E-state index contributed by atoms with van der Waals surface area (Å²) in [6, 6.07) is 58.3. The van der Waals surface area contributed by atoms with E-state index < -0.39 is 0 Å². The fraction of sp³-hybridized carbons (Fsp3) is 0.111. The Hall–Kier alpha value is -7.64.